The molecule has 0 N–H and O–H groups in total. The zero-order valence-electron chi connectivity index (χ0n) is 7.89. The Balaban J connectivity index is 2.46. The molecule has 1 fully saturated rings. The van der Waals surface area contributed by atoms with E-state index in [0.717, 1.165) is 13.0 Å². The van der Waals surface area contributed by atoms with E-state index in [1.165, 1.54) is 0 Å². The van der Waals surface area contributed by atoms with Gasteiger partial charge in [0.25, 0.3) is 0 Å². The third kappa shape index (κ3) is 2.46. The van der Waals surface area contributed by atoms with Crippen molar-refractivity contribution in [3.63, 3.8) is 0 Å². The molecule has 0 amide bonds. The lowest BCUT2D eigenvalue weighted by Gasteiger charge is -2.37. The summed E-state index contributed by atoms with van der Waals surface area (Å²) in [6.07, 6.45) is 1.40. The summed E-state index contributed by atoms with van der Waals surface area (Å²) in [5.41, 5.74) is 0. The molecule has 2 nitrogen and oxygen atoms in total. The molecule has 1 heterocycles. The molecule has 1 aliphatic heterocycles. The fourth-order valence-corrected chi connectivity index (χ4v) is 1.35. The van der Waals surface area contributed by atoms with Crippen molar-refractivity contribution in [1.29, 1.82) is 0 Å². The van der Waals surface area contributed by atoms with Crippen molar-refractivity contribution in [3.8, 4) is 0 Å². The van der Waals surface area contributed by atoms with Gasteiger partial charge in [-0.25, -0.2) is 0 Å². The maximum atomic E-state index is 5.71. The highest BCUT2D eigenvalue weighted by Gasteiger charge is 2.30. The highest BCUT2D eigenvalue weighted by atomic mass is 16.7. The monoisotopic (exact) mass is 158 g/mol. The maximum Gasteiger partial charge on any atom is 0.163 e. The van der Waals surface area contributed by atoms with Crippen LogP contribution in [-0.4, -0.2) is 18.5 Å². The lowest BCUT2D eigenvalue weighted by atomic mass is 10.0. The Morgan fingerprint density at radius 3 is 2.36 bits per heavy atom. The van der Waals surface area contributed by atoms with Gasteiger partial charge in [0.1, 0.15) is 0 Å². The molecular weight excluding hydrogens is 140 g/mol. The number of hydrogen-bond acceptors (Lipinski definition) is 2. The van der Waals surface area contributed by atoms with Crippen LogP contribution in [0.3, 0.4) is 0 Å². The molecule has 11 heavy (non-hydrogen) atoms. The van der Waals surface area contributed by atoms with Gasteiger partial charge in [-0.1, -0.05) is 13.8 Å². The van der Waals surface area contributed by atoms with Gasteiger partial charge < -0.3 is 9.47 Å². The SMILES string of the molecule is CC(C)C1CCOC(C)(C)O1. The molecule has 0 radical (unpaired) electrons. The number of hydrogen-bond donors (Lipinski definition) is 0. The first-order valence-electron chi connectivity index (χ1n) is 4.33. The summed E-state index contributed by atoms with van der Waals surface area (Å²) in [6, 6.07) is 0. The van der Waals surface area contributed by atoms with E-state index < -0.39 is 0 Å². The molecule has 0 aromatic carbocycles. The molecular formula is C9H18O2. The maximum absolute atomic E-state index is 5.71. The van der Waals surface area contributed by atoms with E-state index in [1.807, 2.05) is 13.8 Å². The van der Waals surface area contributed by atoms with Crippen LogP contribution in [0, 0.1) is 5.92 Å². The topological polar surface area (TPSA) is 18.5 Å². The Kier molecular flexibility index (Phi) is 2.55. The molecule has 0 bridgehead atoms. The van der Waals surface area contributed by atoms with Crippen LogP contribution in [-0.2, 0) is 9.47 Å². The van der Waals surface area contributed by atoms with Crippen molar-refractivity contribution in [2.75, 3.05) is 6.61 Å². The van der Waals surface area contributed by atoms with E-state index in [0.29, 0.717) is 12.0 Å². The molecule has 0 aromatic rings. The van der Waals surface area contributed by atoms with E-state index in [4.69, 9.17) is 9.47 Å². The third-order valence-electron chi connectivity index (χ3n) is 2.03. The van der Waals surface area contributed by atoms with Gasteiger partial charge in [0.15, 0.2) is 5.79 Å². The zero-order chi connectivity index (χ0) is 8.48. The van der Waals surface area contributed by atoms with Gasteiger partial charge in [-0.3, -0.25) is 0 Å². The van der Waals surface area contributed by atoms with E-state index in [2.05, 4.69) is 13.8 Å². The standard InChI is InChI=1S/C9H18O2/c1-7(2)8-5-6-10-9(3,4)11-8/h7-8H,5-6H2,1-4H3. The summed E-state index contributed by atoms with van der Waals surface area (Å²) >= 11 is 0. The largest absolute Gasteiger partial charge is 0.350 e. The Bertz CT molecular complexity index is 130. The van der Waals surface area contributed by atoms with Crippen molar-refractivity contribution < 1.29 is 9.47 Å². The first-order chi connectivity index (χ1) is 5.01. The van der Waals surface area contributed by atoms with Crippen LogP contribution in [0.2, 0.25) is 0 Å². The van der Waals surface area contributed by atoms with Crippen LogP contribution >= 0.6 is 0 Å². The van der Waals surface area contributed by atoms with Crippen molar-refractivity contribution in [3.05, 3.63) is 0 Å². The Hall–Kier alpha value is -0.0800. The lowest BCUT2D eigenvalue weighted by molar-refractivity contribution is -0.280. The van der Waals surface area contributed by atoms with Crippen LogP contribution in [0.5, 0.6) is 0 Å². The summed E-state index contributed by atoms with van der Waals surface area (Å²) in [5.74, 6) is 0.228. The highest BCUT2D eigenvalue weighted by Crippen LogP contribution is 2.25. The Morgan fingerprint density at radius 1 is 1.36 bits per heavy atom. The van der Waals surface area contributed by atoms with Gasteiger partial charge in [0.2, 0.25) is 0 Å². The van der Waals surface area contributed by atoms with Crippen LogP contribution in [0.25, 0.3) is 0 Å². The van der Waals surface area contributed by atoms with E-state index in [1.54, 1.807) is 0 Å². The fourth-order valence-electron chi connectivity index (χ4n) is 1.35. The van der Waals surface area contributed by atoms with Crippen molar-refractivity contribution in [1.82, 2.24) is 0 Å². The summed E-state index contributed by atoms with van der Waals surface area (Å²) in [7, 11) is 0. The molecule has 66 valence electrons. The molecule has 0 aliphatic carbocycles. The zero-order valence-corrected chi connectivity index (χ0v) is 7.89. The fraction of sp³-hybridized carbons (Fsp3) is 1.00. The smallest absolute Gasteiger partial charge is 0.163 e. The van der Waals surface area contributed by atoms with Crippen molar-refractivity contribution in [2.45, 2.75) is 46.0 Å². The predicted octanol–water partition coefficient (Wildman–Crippen LogP) is 2.18. The number of rotatable bonds is 1. The minimum atomic E-state index is -0.368. The summed E-state index contributed by atoms with van der Waals surface area (Å²) in [6.45, 7) is 9.15. The minimum Gasteiger partial charge on any atom is -0.350 e. The van der Waals surface area contributed by atoms with Crippen molar-refractivity contribution >= 4 is 0 Å². The minimum absolute atomic E-state index is 0.368. The molecule has 1 atom stereocenters. The first kappa shape index (κ1) is 9.01. The highest BCUT2D eigenvalue weighted by molar-refractivity contribution is 4.71. The Morgan fingerprint density at radius 2 is 2.00 bits per heavy atom. The normalized spacial score (nSPS) is 30.8. The van der Waals surface area contributed by atoms with Gasteiger partial charge in [0.05, 0.1) is 12.7 Å². The first-order valence-corrected chi connectivity index (χ1v) is 4.33. The van der Waals surface area contributed by atoms with Gasteiger partial charge in [0, 0.05) is 0 Å². The molecule has 1 unspecified atom stereocenters. The average Bonchev–Trinajstić information content (AvgIpc) is 1.85. The van der Waals surface area contributed by atoms with Crippen LogP contribution in [0.4, 0.5) is 0 Å². The van der Waals surface area contributed by atoms with Gasteiger partial charge in [-0.05, 0) is 26.2 Å². The van der Waals surface area contributed by atoms with E-state index in [9.17, 15) is 0 Å². The second kappa shape index (κ2) is 3.11. The van der Waals surface area contributed by atoms with Crippen LogP contribution in [0.1, 0.15) is 34.1 Å². The summed E-state index contributed by atoms with van der Waals surface area (Å²) in [4.78, 5) is 0. The summed E-state index contributed by atoms with van der Waals surface area (Å²) in [5, 5.41) is 0. The molecule has 1 saturated heterocycles. The van der Waals surface area contributed by atoms with Gasteiger partial charge in [-0.2, -0.15) is 0 Å². The quantitative estimate of drug-likeness (QED) is 0.582. The van der Waals surface area contributed by atoms with Crippen molar-refractivity contribution in [2.24, 2.45) is 5.92 Å². The summed E-state index contributed by atoms with van der Waals surface area (Å²) < 4.78 is 11.1. The van der Waals surface area contributed by atoms with Crippen LogP contribution < -0.4 is 0 Å². The average molecular weight is 158 g/mol. The lowest BCUT2D eigenvalue weighted by Crippen LogP contribution is -2.41. The Labute approximate surface area is 68.9 Å². The van der Waals surface area contributed by atoms with Crippen LogP contribution in [0.15, 0.2) is 0 Å². The second-order valence-corrected chi connectivity index (χ2v) is 3.94. The molecule has 0 saturated carbocycles. The molecule has 1 rings (SSSR count). The molecule has 2 heteroatoms. The second-order valence-electron chi connectivity index (χ2n) is 3.94. The van der Waals surface area contributed by atoms with Gasteiger partial charge >= 0.3 is 0 Å². The molecule has 0 aromatic heterocycles. The molecule has 1 aliphatic rings. The predicted molar refractivity (Wildman–Crippen MR) is 44.4 cm³/mol. The third-order valence-corrected chi connectivity index (χ3v) is 2.03. The van der Waals surface area contributed by atoms with Gasteiger partial charge in [-0.15, -0.1) is 0 Å². The van der Waals surface area contributed by atoms with E-state index in [-0.39, 0.29) is 5.79 Å². The molecule has 0 spiro atoms. The van der Waals surface area contributed by atoms with E-state index >= 15 is 0 Å². The number of ether oxygens (including phenoxy) is 2.